The summed E-state index contributed by atoms with van der Waals surface area (Å²) in [7, 11) is 1.63. The Morgan fingerprint density at radius 3 is 2.90 bits per heavy atom. The van der Waals surface area contributed by atoms with Crippen molar-refractivity contribution in [3.63, 3.8) is 0 Å². The van der Waals surface area contributed by atoms with Crippen LogP contribution in [0.5, 0.6) is 0 Å². The van der Waals surface area contributed by atoms with Crippen molar-refractivity contribution in [3.8, 4) is 0 Å². The number of nitrogens with zero attached hydrogens (tertiary/aromatic N) is 1. The number of aromatic amines is 1. The molecule has 0 saturated carbocycles. The number of para-hydroxylation sites is 2. The van der Waals surface area contributed by atoms with Crippen molar-refractivity contribution in [3.05, 3.63) is 24.3 Å². The maximum atomic E-state index is 9.87. The number of hydrogen-bond donors (Lipinski definition) is 2. The van der Waals surface area contributed by atoms with Gasteiger partial charge in [0.05, 0.1) is 36.5 Å². The molecule has 0 fully saturated rings. The third kappa shape index (κ3) is 4.49. The number of ether oxygens (including phenoxy) is 2. The van der Waals surface area contributed by atoms with Gasteiger partial charge in [0.1, 0.15) is 0 Å². The summed E-state index contributed by atoms with van der Waals surface area (Å²) in [6, 6.07) is 7.87. The van der Waals surface area contributed by atoms with E-state index in [1.54, 1.807) is 7.11 Å². The molecule has 0 aliphatic heterocycles. The van der Waals surface area contributed by atoms with Gasteiger partial charge in [-0.1, -0.05) is 23.9 Å². The fraction of sp³-hybridized carbons (Fsp3) is 0.500. The Balaban J connectivity index is 1.76. The highest BCUT2D eigenvalue weighted by Crippen LogP contribution is 2.19. The number of fused-ring (bicyclic) bond motifs is 1. The highest BCUT2D eigenvalue weighted by molar-refractivity contribution is 7.99. The van der Waals surface area contributed by atoms with Crippen molar-refractivity contribution in [2.24, 2.45) is 0 Å². The summed E-state index contributed by atoms with van der Waals surface area (Å²) < 4.78 is 10.4. The van der Waals surface area contributed by atoms with Crippen LogP contribution in [0, 0.1) is 0 Å². The second-order valence-corrected chi connectivity index (χ2v) is 5.63. The highest BCUT2D eigenvalue weighted by Gasteiger charge is 2.10. The van der Waals surface area contributed by atoms with E-state index in [1.165, 1.54) is 11.8 Å². The Kier molecular flexibility index (Phi) is 5.85. The lowest BCUT2D eigenvalue weighted by Crippen LogP contribution is -2.24. The zero-order valence-corrected chi connectivity index (χ0v) is 12.5. The van der Waals surface area contributed by atoms with Crippen LogP contribution in [-0.2, 0) is 9.47 Å². The molecule has 1 aromatic heterocycles. The molecule has 2 N–H and O–H groups in total. The zero-order chi connectivity index (χ0) is 14.4. The first-order valence-electron chi connectivity index (χ1n) is 6.55. The quantitative estimate of drug-likeness (QED) is 0.730. The van der Waals surface area contributed by atoms with E-state index in [1.807, 2.05) is 31.2 Å². The van der Waals surface area contributed by atoms with E-state index in [0.717, 1.165) is 16.2 Å². The van der Waals surface area contributed by atoms with Crippen molar-refractivity contribution < 1.29 is 14.6 Å². The molecule has 0 aliphatic rings. The van der Waals surface area contributed by atoms with Gasteiger partial charge < -0.3 is 19.6 Å². The van der Waals surface area contributed by atoms with Gasteiger partial charge >= 0.3 is 0 Å². The Morgan fingerprint density at radius 1 is 1.35 bits per heavy atom. The molecular formula is C14H20N2O3S. The van der Waals surface area contributed by atoms with Gasteiger partial charge in [0, 0.05) is 12.9 Å². The molecule has 0 spiro atoms. The van der Waals surface area contributed by atoms with E-state index >= 15 is 0 Å². The fourth-order valence-electron chi connectivity index (χ4n) is 1.78. The first-order valence-corrected chi connectivity index (χ1v) is 7.53. The number of hydrogen-bond acceptors (Lipinski definition) is 5. The third-order valence-corrected chi connectivity index (χ3v) is 3.77. The smallest absolute Gasteiger partial charge is 0.166 e. The monoisotopic (exact) mass is 296 g/mol. The minimum Gasteiger partial charge on any atom is -0.390 e. The number of aliphatic hydroxyl groups excluding tert-OH is 1. The summed E-state index contributed by atoms with van der Waals surface area (Å²) in [6.45, 7) is 2.75. The number of benzene rings is 1. The maximum absolute atomic E-state index is 9.87. The van der Waals surface area contributed by atoms with Gasteiger partial charge in [0.2, 0.25) is 0 Å². The van der Waals surface area contributed by atoms with Gasteiger partial charge in [0.15, 0.2) is 5.16 Å². The predicted molar refractivity (Wildman–Crippen MR) is 80.1 cm³/mol. The van der Waals surface area contributed by atoms with E-state index in [9.17, 15) is 5.11 Å². The van der Waals surface area contributed by atoms with Gasteiger partial charge in [-0.05, 0) is 19.1 Å². The van der Waals surface area contributed by atoms with Crippen LogP contribution >= 0.6 is 11.8 Å². The largest absolute Gasteiger partial charge is 0.390 e. The van der Waals surface area contributed by atoms with Gasteiger partial charge in [-0.25, -0.2) is 4.98 Å². The van der Waals surface area contributed by atoms with Crippen LogP contribution in [0.25, 0.3) is 11.0 Å². The Hall–Kier alpha value is -1.08. The molecule has 1 heterocycles. The van der Waals surface area contributed by atoms with E-state index < -0.39 is 6.10 Å². The molecule has 5 nitrogen and oxygen atoms in total. The van der Waals surface area contributed by atoms with Crippen LogP contribution in [0.1, 0.15) is 6.92 Å². The number of aliphatic hydroxyl groups is 1. The molecule has 2 unspecified atom stereocenters. The molecular weight excluding hydrogens is 276 g/mol. The standard InChI is InChI=1S/C14H20N2O3S/c1-10(7-18-2)19-8-11(17)9-20-14-15-12-5-3-4-6-13(12)16-14/h3-6,10-11,17H,7-9H2,1-2H3,(H,15,16). The second-order valence-electron chi connectivity index (χ2n) is 4.62. The number of aromatic nitrogens is 2. The SMILES string of the molecule is COCC(C)OCC(O)CSc1nc2ccccc2[nH]1. The molecule has 0 saturated heterocycles. The van der Waals surface area contributed by atoms with Gasteiger partial charge in [-0.3, -0.25) is 0 Å². The summed E-state index contributed by atoms with van der Waals surface area (Å²) in [5.74, 6) is 0.541. The number of methoxy groups -OCH3 is 1. The average molecular weight is 296 g/mol. The van der Waals surface area contributed by atoms with Crippen molar-refractivity contribution in [1.29, 1.82) is 0 Å². The summed E-state index contributed by atoms with van der Waals surface area (Å²) >= 11 is 1.49. The van der Waals surface area contributed by atoms with Crippen LogP contribution in [0.15, 0.2) is 29.4 Å². The van der Waals surface area contributed by atoms with Crippen molar-refractivity contribution in [1.82, 2.24) is 9.97 Å². The van der Waals surface area contributed by atoms with Crippen LogP contribution in [0.4, 0.5) is 0 Å². The minimum absolute atomic E-state index is 0.00847. The molecule has 2 aromatic rings. The molecule has 0 bridgehead atoms. The van der Waals surface area contributed by atoms with E-state index in [0.29, 0.717) is 19.0 Å². The second kappa shape index (κ2) is 7.64. The number of nitrogens with one attached hydrogen (secondary N) is 1. The van der Waals surface area contributed by atoms with Crippen LogP contribution in [-0.4, -0.2) is 53.4 Å². The summed E-state index contributed by atoms with van der Waals surface area (Å²) in [5.41, 5.74) is 1.95. The molecule has 1 aromatic carbocycles. The van der Waals surface area contributed by atoms with Crippen molar-refractivity contribution >= 4 is 22.8 Å². The van der Waals surface area contributed by atoms with E-state index in [4.69, 9.17) is 9.47 Å². The molecule has 0 aliphatic carbocycles. The number of thioether (sulfide) groups is 1. The fourth-order valence-corrected chi connectivity index (χ4v) is 2.57. The lowest BCUT2D eigenvalue weighted by molar-refractivity contribution is -0.0257. The average Bonchev–Trinajstić information content (AvgIpc) is 2.86. The molecule has 2 atom stereocenters. The van der Waals surface area contributed by atoms with Crippen molar-refractivity contribution in [2.75, 3.05) is 26.1 Å². The summed E-state index contributed by atoms with van der Waals surface area (Å²) in [5, 5.41) is 10.7. The lowest BCUT2D eigenvalue weighted by Gasteiger charge is -2.15. The first kappa shape index (κ1) is 15.3. The Morgan fingerprint density at radius 2 is 2.15 bits per heavy atom. The molecule has 6 heteroatoms. The molecule has 0 amide bonds. The van der Waals surface area contributed by atoms with Crippen LogP contribution in [0.2, 0.25) is 0 Å². The first-order chi connectivity index (χ1) is 9.69. The number of imidazole rings is 1. The predicted octanol–water partition coefficient (Wildman–Crippen LogP) is 2.07. The van der Waals surface area contributed by atoms with Crippen LogP contribution in [0.3, 0.4) is 0 Å². The van der Waals surface area contributed by atoms with Crippen LogP contribution < -0.4 is 0 Å². The highest BCUT2D eigenvalue weighted by atomic mass is 32.2. The molecule has 110 valence electrons. The summed E-state index contributed by atoms with van der Waals surface area (Å²) in [4.78, 5) is 7.66. The minimum atomic E-state index is -0.521. The van der Waals surface area contributed by atoms with Gasteiger partial charge in [-0.2, -0.15) is 0 Å². The molecule has 20 heavy (non-hydrogen) atoms. The summed E-state index contributed by atoms with van der Waals surface area (Å²) in [6.07, 6.45) is -0.529. The topological polar surface area (TPSA) is 67.4 Å². The normalized spacial score (nSPS) is 14.6. The molecule has 0 radical (unpaired) electrons. The van der Waals surface area contributed by atoms with Crippen molar-refractivity contribution in [2.45, 2.75) is 24.3 Å². The lowest BCUT2D eigenvalue weighted by atomic mass is 10.3. The van der Waals surface area contributed by atoms with Gasteiger partial charge in [0.25, 0.3) is 0 Å². The Bertz CT molecular complexity index is 499. The molecule has 2 rings (SSSR count). The number of rotatable bonds is 8. The van der Waals surface area contributed by atoms with E-state index in [2.05, 4.69) is 9.97 Å². The van der Waals surface area contributed by atoms with E-state index in [-0.39, 0.29) is 6.10 Å². The number of H-pyrrole nitrogens is 1. The Labute approximate surface area is 122 Å². The van der Waals surface area contributed by atoms with Gasteiger partial charge in [-0.15, -0.1) is 0 Å². The zero-order valence-electron chi connectivity index (χ0n) is 11.7. The maximum Gasteiger partial charge on any atom is 0.166 e. The third-order valence-electron chi connectivity index (χ3n) is 2.75.